The molecule has 4 nitrogen and oxygen atoms in total. The van der Waals surface area contributed by atoms with E-state index in [4.69, 9.17) is 29.6 Å². The number of benzene rings is 2. The van der Waals surface area contributed by atoms with Crippen LogP contribution < -0.4 is 11.1 Å². The third kappa shape index (κ3) is 3.26. The molecule has 0 saturated carbocycles. The molecule has 0 aliphatic rings. The van der Waals surface area contributed by atoms with Crippen LogP contribution in [0.15, 0.2) is 42.5 Å². The number of hydrogen-bond acceptors (Lipinski definition) is 3. The van der Waals surface area contributed by atoms with Crippen LogP contribution in [-0.2, 0) is 0 Å². The molecule has 0 atom stereocenters. The third-order valence-corrected chi connectivity index (χ3v) is 3.17. The van der Waals surface area contributed by atoms with Gasteiger partial charge in [0.1, 0.15) is 10.7 Å². The Balaban J connectivity index is 2.27. The summed E-state index contributed by atoms with van der Waals surface area (Å²) < 4.78 is 0. The summed E-state index contributed by atoms with van der Waals surface area (Å²) in [5, 5.41) is 12.4. The molecule has 0 aliphatic heterocycles. The van der Waals surface area contributed by atoms with Crippen molar-refractivity contribution in [2.45, 2.75) is 0 Å². The monoisotopic (exact) mass is 306 g/mol. The maximum atomic E-state index is 12.1. The quantitative estimate of drug-likeness (QED) is 0.762. The summed E-state index contributed by atoms with van der Waals surface area (Å²) in [5.41, 5.74) is 6.87. The molecule has 2 aromatic carbocycles. The summed E-state index contributed by atoms with van der Waals surface area (Å²) in [5.74, 6) is -0.372. The summed E-state index contributed by atoms with van der Waals surface area (Å²) >= 11 is 10.9. The molecule has 6 heteroatoms. The third-order valence-electron chi connectivity index (χ3n) is 2.61. The van der Waals surface area contributed by atoms with Crippen LogP contribution >= 0.6 is 23.8 Å². The van der Waals surface area contributed by atoms with Gasteiger partial charge < -0.3 is 16.2 Å². The van der Waals surface area contributed by atoms with Gasteiger partial charge in [-0.05, 0) is 30.3 Å². The molecule has 0 aliphatic carbocycles. The fourth-order valence-electron chi connectivity index (χ4n) is 1.62. The summed E-state index contributed by atoms with van der Waals surface area (Å²) in [7, 11) is 0. The minimum atomic E-state index is -0.386. The van der Waals surface area contributed by atoms with Crippen LogP contribution in [0.3, 0.4) is 0 Å². The first-order valence-corrected chi connectivity index (χ1v) is 6.46. The standard InChI is InChI=1S/C14H11ClN2O2S/c15-11-5-4-8(13(16)20)7-12(11)17-14(19)9-2-1-3-10(18)6-9/h1-7,18H,(H2,16,20)(H,17,19). The zero-order valence-electron chi connectivity index (χ0n) is 10.3. The topological polar surface area (TPSA) is 75.3 Å². The number of rotatable bonds is 3. The largest absolute Gasteiger partial charge is 0.508 e. The van der Waals surface area contributed by atoms with Gasteiger partial charge >= 0.3 is 0 Å². The van der Waals surface area contributed by atoms with E-state index in [-0.39, 0.29) is 16.6 Å². The molecule has 0 bridgehead atoms. The van der Waals surface area contributed by atoms with Crippen LogP contribution in [0.5, 0.6) is 5.75 Å². The normalized spacial score (nSPS) is 10.1. The van der Waals surface area contributed by atoms with Crippen molar-refractivity contribution in [1.29, 1.82) is 0 Å². The first kappa shape index (κ1) is 14.3. The number of aromatic hydroxyl groups is 1. The van der Waals surface area contributed by atoms with E-state index in [1.54, 1.807) is 30.3 Å². The van der Waals surface area contributed by atoms with Gasteiger partial charge in [-0.2, -0.15) is 0 Å². The van der Waals surface area contributed by atoms with Crippen LogP contribution in [0.1, 0.15) is 15.9 Å². The fraction of sp³-hybridized carbons (Fsp3) is 0. The van der Waals surface area contributed by atoms with Gasteiger partial charge in [-0.3, -0.25) is 4.79 Å². The smallest absolute Gasteiger partial charge is 0.255 e. The molecule has 2 aromatic rings. The van der Waals surface area contributed by atoms with Crippen LogP contribution in [0.2, 0.25) is 5.02 Å². The lowest BCUT2D eigenvalue weighted by Gasteiger charge is -2.09. The van der Waals surface area contributed by atoms with Gasteiger partial charge in [-0.1, -0.05) is 36.0 Å². The van der Waals surface area contributed by atoms with E-state index < -0.39 is 0 Å². The van der Waals surface area contributed by atoms with E-state index in [1.807, 2.05) is 0 Å². The van der Waals surface area contributed by atoms with Gasteiger partial charge in [-0.25, -0.2) is 0 Å². The Bertz CT molecular complexity index is 689. The second kappa shape index (κ2) is 5.90. The Morgan fingerprint density at radius 1 is 1.20 bits per heavy atom. The molecule has 0 spiro atoms. The number of carbonyl (C=O) groups is 1. The van der Waals surface area contributed by atoms with Crippen molar-refractivity contribution in [2.24, 2.45) is 5.73 Å². The van der Waals surface area contributed by atoms with E-state index in [0.717, 1.165) is 0 Å². The zero-order chi connectivity index (χ0) is 14.7. The van der Waals surface area contributed by atoms with Crippen LogP contribution in [0, 0.1) is 0 Å². The Hall–Kier alpha value is -2.11. The number of halogens is 1. The second-order valence-electron chi connectivity index (χ2n) is 4.06. The number of phenolic OH excluding ortho intramolecular Hbond substituents is 1. The molecule has 4 N–H and O–H groups in total. The average Bonchev–Trinajstić information content (AvgIpc) is 2.41. The van der Waals surface area contributed by atoms with E-state index in [2.05, 4.69) is 5.32 Å². The molecule has 2 rings (SSSR count). The Labute approximate surface area is 126 Å². The molecule has 20 heavy (non-hydrogen) atoms. The number of nitrogens with two attached hydrogens (primary N) is 1. The number of phenols is 1. The van der Waals surface area contributed by atoms with E-state index in [1.165, 1.54) is 12.1 Å². The highest BCUT2D eigenvalue weighted by Gasteiger charge is 2.10. The van der Waals surface area contributed by atoms with Gasteiger partial charge in [0.05, 0.1) is 10.7 Å². The molecule has 0 radical (unpaired) electrons. The lowest BCUT2D eigenvalue weighted by Crippen LogP contribution is -2.14. The summed E-state index contributed by atoms with van der Waals surface area (Å²) in [6.45, 7) is 0. The van der Waals surface area contributed by atoms with Gasteiger partial charge in [0.25, 0.3) is 5.91 Å². The maximum Gasteiger partial charge on any atom is 0.255 e. The van der Waals surface area contributed by atoms with Crippen LogP contribution in [0.4, 0.5) is 5.69 Å². The van der Waals surface area contributed by atoms with Crippen molar-refractivity contribution >= 4 is 40.4 Å². The van der Waals surface area contributed by atoms with Crippen molar-refractivity contribution in [3.05, 3.63) is 58.6 Å². The van der Waals surface area contributed by atoms with Crippen molar-refractivity contribution in [3.8, 4) is 5.75 Å². The zero-order valence-corrected chi connectivity index (χ0v) is 11.8. The minimum absolute atomic E-state index is 0.0145. The van der Waals surface area contributed by atoms with Crippen molar-refractivity contribution < 1.29 is 9.90 Å². The van der Waals surface area contributed by atoms with Crippen molar-refractivity contribution in [3.63, 3.8) is 0 Å². The molecular formula is C14H11ClN2O2S. The molecule has 0 heterocycles. The van der Waals surface area contributed by atoms with E-state index in [9.17, 15) is 9.90 Å². The fourth-order valence-corrected chi connectivity index (χ4v) is 1.91. The maximum absolute atomic E-state index is 12.1. The van der Waals surface area contributed by atoms with Gasteiger partial charge in [-0.15, -0.1) is 0 Å². The number of hydrogen-bond donors (Lipinski definition) is 3. The highest BCUT2D eigenvalue weighted by Crippen LogP contribution is 2.24. The van der Waals surface area contributed by atoms with E-state index in [0.29, 0.717) is 21.8 Å². The highest BCUT2D eigenvalue weighted by atomic mass is 35.5. The number of amides is 1. The molecule has 0 fully saturated rings. The first-order valence-electron chi connectivity index (χ1n) is 5.67. The Kier molecular flexibility index (Phi) is 4.22. The predicted octanol–water partition coefficient (Wildman–Crippen LogP) is 2.93. The number of anilines is 1. The lowest BCUT2D eigenvalue weighted by atomic mass is 10.1. The highest BCUT2D eigenvalue weighted by molar-refractivity contribution is 7.80. The van der Waals surface area contributed by atoms with Crippen molar-refractivity contribution in [2.75, 3.05) is 5.32 Å². The van der Waals surface area contributed by atoms with Gasteiger partial charge in [0.2, 0.25) is 0 Å². The number of nitrogens with one attached hydrogen (secondary N) is 1. The summed E-state index contributed by atoms with van der Waals surface area (Å²) in [6.07, 6.45) is 0. The average molecular weight is 307 g/mol. The SMILES string of the molecule is NC(=S)c1ccc(Cl)c(NC(=O)c2cccc(O)c2)c1. The molecule has 0 aromatic heterocycles. The van der Waals surface area contributed by atoms with Crippen LogP contribution in [-0.4, -0.2) is 16.0 Å². The molecule has 1 amide bonds. The Morgan fingerprint density at radius 2 is 1.95 bits per heavy atom. The van der Waals surface area contributed by atoms with Gasteiger partial charge in [0.15, 0.2) is 0 Å². The van der Waals surface area contributed by atoms with E-state index >= 15 is 0 Å². The molecule has 0 unspecified atom stereocenters. The second-order valence-corrected chi connectivity index (χ2v) is 4.91. The Morgan fingerprint density at radius 3 is 2.60 bits per heavy atom. The predicted molar refractivity (Wildman–Crippen MR) is 83.4 cm³/mol. The molecule has 102 valence electrons. The molecule has 0 saturated heterocycles. The van der Waals surface area contributed by atoms with Crippen molar-refractivity contribution in [1.82, 2.24) is 0 Å². The molecular weight excluding hydrogens is 296 g/mol. The minimum Gasteiger partial charge on any atom is -0.508 e. The summed E-state index contributed by atoms with van der Waals surface area (Å²) in [6, 6.07) is 10.9. The lowest BCUT2D eigenvalue weighted by molar-refractivity contribution is 0.102. The van der Waals surface area contributed by atoms with Crippen LogP contribution in [0.25, 0.3) is 0 Å². The summed E-state index contributed by atoms with van der Waals surface area (Å²) in [4.78, 5) is 12.3. The first-order chi connectivity index (χ1) is 9.47. The van der Waals surface area contributed by atoms with Gasteiger partial charge in [0, 0.05) is 11.1 Å². The number of carbonyl (C=O) groups excluding carboxylic acids is 1. The number of thiocarbonyl (C=S) groups is 1.